The Kier molecular flexibility index (Phi) is 10.7. The molecule has 0 aliphatic heterocycles. The summed E-state index contributed by atoms with van der Waals surface area (Å²) in [5, 5.41) is 3.17. The molecule has 0 saturated heterocycles. The maximum Gasteiger partial charge on any atom is 0.325 e. The average Bonchev–Trinajstić information content (AvgIpc) is 2.41. The first-order chi connectivity index (χ1) is 9.50. The van der Waals surface area contributed by atoms with Gasteiger partial charge in [0.25, 0.3) is 0 Å². The van der Waals surface area contributed by atoms with Crippen molar-refractivity contribution >= 4 is 5.97 Å². The fourth-order valence-electron chi connectivity index (χ4n) is 2.13. The first-order valence-electron chi connectivity index (χ1n) is 7.53. The summed E-state index contributed by atoms with van der Waals surface area (Å²) >= 11 is 0. The van der Waals surface area contributed by atoms with E-state index < -0.39 is 5.54 Å². The highest BCUT2D eigenvalue weighted by molar-refractivity contribution is 5.80. The third-order valence-electron chi connectivity index (χ3n) is 3.17. The van der Waals surface area contributed by atoms with Gasteiger partial charge in [0, 0.05) is 13.0 Å². The second-order valence-electron chi connectivity index (χ2n) is 5.21. The van der Waals surface area contributed by atoms with Crippen molar-refractivity contribution in [2.45, 2.75) is 58.6 Å². The smallest absolute Gasteiger partial charge is 0.325 e. The Hall–Kier alpha value is -0.650. The Labute approximate surface area is 123 Å². The normalized spacial score (nSPS) is 15.7. The van der Waals surface area contributed by atoms with E-state index in [9.17, 15) is 4.79 Å². The van der Waals surface area contributed by atoms with Crippen LogP contribution < -0.4 is 5.32 Å². The lowest BCUT2D eigenvalue weighted by atomic mass is 9.94. The van der Waals surface area contributed by atoms with Crippen molar-refractivity contribution in [2.24, 2.45) is 0 Å². The fourth-order valence-corrected chi connectivity index (χ4v) is 2.13. The molecule has 0 aliphatic carbocycles. The molecule has 2 atom stereocenters. The summed E-state index contributed by atoms with van der Waals surface area (Å²) in [6, 6.07) is 0. The van der Waals surface area contributed by atoms with Crippen molar-refractivity contribution in [1.29, 1.82) is 0 Å². The summed E-state index contributed by atoms with van der Waals surface area (Å²) in [5.74, 6) is -0.256. The summed E-state index contributed by atoms with van der Waals surface area (Å²) in [5.41, 5.74) is -0.702. The molecule has 0 radical (unpaired) electrons. The predicted octanol–water partition coefficient (Wildman–Crippen LogP) is 2.14. The second kappa shape index (κ2) is 11.1. The van der Waals surface area contributed by atoms with Crippen LogP contribution in [-0.2, 0) is 19.0 Å². The molecule has 0 aromatic heterocycles. The zero-order valence-corrected chi connectivity index (χ0v) is 13.7. The van der Waals surface area contributed by atoms with Gasteiger partial charge in [-0.05, 0) is 26.8 Å². The third kappa shape index (κ3) is 7.82. The molecule has 20 heavy (non-hydrogen) atoms. The highest BCUT2D eigenvalue weighted by Crippen LogP contribution is 2.16. The van der Waals surface area contributed by atoms with Crippen molar-refractivity contribution in [1.82, 2.24) is 5.32 Å². The topological polar surface area (TPSA) is 56.8 Å². The molecule has 0 aliphatic rings. The van der Waals surface area contributed by atoms with Crippen molar-refractivity contribution in [3.05, 3.63) is 0 Å². The van der Waals surface area contributed by atoms with Crippen molar-refractivity contribution in [3.63, 3.8) is 0 Å². The number of carbonyl (C=O) groups excluding carboxylic acids is 1. The molecule has 0 saturated carbocycles. The lowest BCUT2D eigenvalue weighted by Crippen LogP contribution is -2.52. The molecule has 0 bridgehead atoms. The Balaban J connectivity index is 4.01. The minimum absolute atomic E-state index is 0.0343. The number of hydrogen-bond donors (Lipinski definition) is 1. The number of rotatable bonds is 12. The van der Waals surface area contributed by atoms with E-state index in [1.807, 2.05) is 20.8 Å². The SMILES string of the molecule is CCCCOCCOC(C)CC(C)(NCC)C(=O)OC. The van der Waals surface area contributed by atoms with Crippen LogP contribution in [0.5, 0.6) is 0 Å². The number of ether oxygens (including phenoxy) is 3. The lowest BCUT2D eigenvalue weighted by molar-refractivity contribution is -0.149. The van der Waals surface area contributed by atoms with Gasteiger partial charge in [-0.2, -0.15) is 0 Å². The van der Waals surface area contributed by atoms with Crippen LogP contribution >= 0.6 is 0 Å². The number of likely N-dealkylation sites (N-methyl/N-ethyl adjacent to an activating group) is 1. The van der Waals surface area contributed by atoms with Crippen molar-refractivity contribution in [3.8, 4) is 0 Å². The van der Waals surface area contributed by atoms with E-state index in [-0.39, 0.29) is 12.1 Å². The number of esters is 1. The van der Waals surface area contributed by atoms with Gasteiger partial charge >= 0.3 is 5.97 Å². The molecule has 0 spiro atoms. The van der Waals surface area contributed by atoms with Gasteiger partial charge in [-0.3, -0.25) is 4.79 Å². The summed E-state index contributed by atoms with van der Waals surface area (Å²) < 4.78 is 16.0. The van der Waals surface area contributed by atoms with Gasteiger partial charge in [0.1, 0.15) is 5.54 Å². The molecule has 120 valence electrons. The molecule has 0 rings (SSSR count). The summed E-state index contributed by atoms with van der Waals surface area (Å²) in [6.45, 7) is 10.5. The van der Waals surface area contributed by atoms with Gasteiger partial charge in [-0.25, -0.2) is 0 Å². The van der Waals surface area contributed by atoms with E-state index >= 15 is 0 Å². The molecule has 0 heterocycles. The Bertz CT molecular complexity index is 260. The maximum atomic E-state index is 11.8. The lowest BCUT2D eigenvalue weighted by Gasteiger charge is -2.30. The van der Waals surface area contributed by atoms with Crippen LogP contribution in [0.4, 0.5) is 0 Å². The summed E-state index contributed by atoms with van der Waals surface area (Å²) in [4.78, 5) is 11.8. The van der Waals surface area contributed by atoms with E-state index in [4.69, 9.17) is 14.2 Å². The average molecular weight is 289 g/mol. The number of hydrogen-bond acceptors (Lipinski definition) is 5. The minimum atomic E-state index is -0.702. The molecule has 1 N–H and O–H groups in total. The van der Waals surface area contributed by atoms with Gasteiger partial charge < -0.3 is 19.5 Å². The first kappa shape index (κ1) is 19.4. The molecule has 5 heteroatoms. The van der Waals surface area contributed by atoms with Crippen LogP contribution in [0.1, 0.15) is 47.0 Å². The van der Waals surface area contributed by atoms with Crippen LogP contribution in [0, 0.1) is 0 Å². The van der Waals surface area contributed by atoms with Crippen LogP contribution in [0.25, 0.3) is 0 Å². The molecule has 0 aromatic carbocycles. The molecule has 5 nitrogen and oxygen atoms in total. The molecular weight excluding hydrogens is 258 g/mol. The Morgan fingerprint density at radius 3 is 2.50 bits per heavy atom. The molecule has 0 amide bonds. The molecular formula is C15H31NO4. The van der Waals surface area contributed by atoms with E-state index in [1.54, 1.807) is 0 Å². The highest BCUT2D eigenvalue weighted by atomic mass is 16.5. The van der Waals surface area contributed by atoms with Gasteiger partial charge in [0.15, 0.2) is 0 Å². The van der Waals surface area contributed by atoms with Gasteiger partial charge in [-0.15, -0.1) is 0 Å². The zero-order valence-electron chi connectivity index (χ0n) is 13.7. The number of methoxy groups -OCH3 is 1. The van der Waals surface area contributed by atoms with Crippen LogP contribution in [0.3, 0.4) is 0 Å². The predicted molar refractivity (Wildman–Crippen MR) is 79.9 cm³/mol. The highest BCUT2D eigenvalue weighted by Gasteiger charge is 2.35. The monoisotopic (exact) mass is 289 g/mol. The zero-order chi connectivity index (χ0) is 15.4. The van der Waals surface area contributed by atoms with E-state index in [0.29, 0.717) is 26.2 Å². The molecule has 0 aromatic rings. The quantitative estimate of drug-likeness (QED) is 0.440. The van der Waals surface area contributed by atoms with Crippen LogP contribution in [0.2, 0.25) is 0 Å². The standard InChI is InChI=1S/C15H31NO4/c1-6-8-9-19-10-11-20-13(3)12-15(4,16-7-2)14(17)18-5/h13,16H,6-12H2,1-5H3. The van der Waals surface area contributed by atoms with Gasteiger partial charge in [-0.1, -0.05) is 20.3 Å². The van der Waals surface area contributed by atoms with Crippen LogP contribution in [0.15, 0.2) is 0 Å². The van der Waals surface area contributed by atoms with E-state index in [2.05, 4.69) is 12.2 Å². The maximum absolute atomic E-state index is 11.8. The van der Waals surface area contributed by atoms with Crippen LogP contribution in [-0.4, -0.2) is 51.1 Å². The molecule has 2 unspecified atom stereocenters. The van der Waals surface area contributed by atoms with Gasteiger partial charge in [0.05, 0.1) is 26.4 Å². The van der Waals surface area contributed by atoms with Crippen molar-refractivity contribution in [2.75, 3.05) is 33.5 Å². The van der Waals surface area contributed by atoms with Crippen molar-refractivity contribution < 1.29 is 19.0 Å². The number of carbonyl (C=O) groups is 1. The second-order valence-corrected chi connectivity index (χ2v) is 5.21. The minimum Gasteiger partial charge on any atom is -0.468 e. The largest absolute Gasteiger partial charge is 0.468 e. The van der Waals surface area contributed by atoms with E-state index in [1.165, 1.54) is 7.11 Å². The Morgan fingerprint density at radius 1 is 1.25 bits per heavy atom. The summed E-state index contributed by atoms with van der Waals surface area (Å²) in [7, 11) is 1.41. The number of unbranched alkanes of at least 4 members (excludes halogenated alkanes) is 1. The Morgan fingerprint density at radius 2 is 1.95 bits per heavy atom. The molecule has 0 fully saturated rings. The third-order valence-corrected chi connectivity index (χ3v) is 3.17. The number of nitrogens with one attached hydrogen (secondary N) is 1. The first-order valence-corrected chi connectivity index (χ1v) is 7.53. The summed E-state index contributed by atoms with van der Waals surface area (Å²) in [6.07, 6.45) is 2.75. The van der Waals surface area contributed by atoms with E-state index in [0.717, 1.165) is 19.4 Å². The fraction of sp³-hybridized carbons (Fsp3) is 0.933. The van der Waals surface area contributed by atoms with Gasteiger partial charge in [0.2, 0.25) is 0 Å².